The maximum atomic E-state index is 13.2. The summed E-state index contributed by atoms with van der Waals surface area (Å²) in [6.45, 7) is 36.9. The second-order valence-corrected chi connectivity index (χ2v) is 29.7. The topological polar surface area (TPSA) is 113 Å². The lowest BCUT2D eigenvalue weighted by molar-refractivity contribution is -0.187. The van der Waals surface area contributed by atoms with E-state index in [1.54, 1.807) is 27.4 Å². The second kappa shape index (κ2) is 19.7. The highest BCUT2D eigenvalue weighted by molar-refractivity contribution is 6.74. The van der Waals surface area contributed by atoms with Crippen LogP contribution in [0.5, 0.6) is 5.75 Å². The van der Waals surface area contributed by atoms with Crippen LogP contribution in [0.1, 0.15) is 88.1 Å². The standard InChI is InChI=1S/C45H80O11Si2/c1-20-31(2)39(51-29-47-13)45(46)25-32(3)37(50-27-33-21-23-34(49-15)24-22-33)35(45)26-44(12,52-30-48-14)40-38(54-43(10,11)55-40)36(56-58(18,19)42(7,8)9)28-53-57(16,17)41(4,5)6/h20-24,26,31-32,36-40,46H,1,25,27-30H2,2-19H3/b35-26+/t31-,32-,36+,37-,38+,39-,40+,44+,45+/m0/s1. The maximum absolute atomic E-state index is 13.2. The van der Waals surface area contributed by atoms with Gasteiger partial charge in [0.2, 0.25) is 0 Å². The quantitative estimate of drug-likeness (QED) is 0.0726. The molecule has 1 aromatic carbocycles. The van der Waals surface area contributed by atoms with E-state index in [0.717, 1.165) is 11.3 Å². The molecule has 0 radical (unpaired) electrons. The van der Waals surface area contributed by atoms with Gasteiger partial charge in [-0.15, -0.1) is 6.58 Å². The summed E-state index contributed by atoms with van der Waals surface area (Å²) in [5, 5.41) is 13.1. The molecule has 0 unspecified atom stereocenters. The van der Waals surface area contributed by atoms with Gasteiger partial charge < -0.3 is 51.9 Å². The molecule has 1 saturated carbocycles. The van der Waals surface area contributed by atoms with Crippen LogP contribution in [0.15, 0.2) is 48.6 Å². The van der Waals surface area contributed by atoms with Gasteiger partial charge in [-0.05, 0) is 98.7 Å². The number of hydrogen-bond acceptors (Lipinski definition) is 11. The van der Waals surface area contributed by atoms with Crippen molar-refractivity contribution in [2.75, 3.05) is 41.5 Å². The molecule has 1 aliphatic carbocycles. The van der Waals surface area contributed by atoms with Crippen molar-refractivity contribution < 1.29 is 51.9 Å². The largest absolute Gasteiger partial charge is 0.497 e. The minimum Gasteiger partial charge on any atom is -0.497 e. The molecule has 58 heavy (non-hydrogen) atoms. The predicted octanol–water partition coefficient (Wildman–Crippen LogP) is 9.40. The molecule has 2 fully saturated rings. The van der Waals surface area contributed by atoms with E-state index in [1.807, 2.05) is 58.0 Å². The van der Waals surface area contributed by atoms with Crippen molar-refractivity contribution in [1.82, 2.24) is 0 Å². The van der Waals surface area contributed by atoms with Crippen molar-refractivity contribution in [2.45, 2.75) is 173 Å². The van der Waals surface area contributed by atoms with E-state index in [9.17, 15) is 5.11 Å². The molecule has 1 aromatic rings. The van der Waals surface area contributed by atoms with Crippen LogP contribution in [0.3, 0.4) is 0 Å². The smallest absolute Gasteiger partial charge is 0.192 e. The summed E-state index contributed by atoms with van der Waals surface area (Å²) in [6, 6.07) is 7.79. The van der Waals surface area contributed by atoms with Gasteiger partial charge in [0.15, 0.2) is 22.4 Å². The lowest BCUT2D eigenvalue weighted by Crippen LogP contribution is -2.57. The van der Waals surface area contributed by atoms with Crippen LogP contribution in [0.2, 0.25) is 36.3 Å². The van der Waals surface area contributed by atoms with E-state index in [0.29, 0.717) is 25.2 Å². The molecule has 3 rings (SSSR count). The molecular weight excluding hydrogens is 773 g/mol. The van der Waals surface area contributed by atoms with Crippen LogP contribution >= 0.6 is 0 Å². The highest BCUT2D eigenvalue weighted by Crippen LogP contribution is 2.50. The Morgan fingerprint density at radius 1 is 0.914 bits per heavy atom. The second-order valence-electron chi connectivity index (χ2n) is 20.1. The number of ether oxygens (including phenoxy) is 8. The van der Waals surface area contributed by atoms with E-state index in [-0.39, 0.29) is 35.5 Å². The van der Waals surface area contributed by atoms with Crippen molar-refractivity contribution in [3.05, 3.63) is 54.1 Å². The Kier molecular flexibility index (Phi) is 17.3. The molecule has 1 aliphatic heterocycles. The van der Waals surface area contributed by atoms with E-state index >= 15 is 0 Å². The maximum Gasteiger partial charge on any atom is 0.192 e. The van der Waals surface area contributed by atoms with Crippen LogP contribution in [-0.4, -0.2) is 111 Å². The zero-order valence-electron chi connectivity index (χ0n) is 39.3. The van der Waals surface area contributed by atoms with Crippen LogP contribution in [-0.2, 0) is 48.6 Å². The first-order chi connectivity index (χ1) is 26.6. The number of methoxy groups -OCH3 is 3. The van der Waals surface area contributed by atoms with Gasteiger partial charge in [-0.3, -0.25) is 0 Å². The average molecular weight is 853 g/mol. The van der Waals surface area contributed by atoms with Crippen LogP contribution in [0, 0.1) is 11.8 Å². The average Bonchev–Trinajstić information content (AvgIpc) is 3.58. The Morgan fingerprint density at radius 3 is 2.02 bits per heavy atom. The predicted molar refractivity (Wildman–Crippen MR) is 235 cm³/mol. The number of rotatable bonds is 21. The minimum absolute atomic E-state index is 0.0157. The fraction of sp³-hybridized carbons (Fsp3) is 0.778. The first-order valence-corrected chi connectivity index (χ1v) is 26.7. The van der Waals surface area contributed by atoms with Crippen molar-refractivity contribution in [1.29, 1.82) is 0 Å². The summed E-state index contributed by atoms with van der Waals surface area (Å²) in [4.78, 5) is 0. The highest BCUT2D eigenvalue weighted by Gasteiger charge is 2.59. The SMILES string of the molecule is C=C[C@H](C)[C@H](OCOC)[C@@]1(O)C[C@H](C)[C@H](OCc2ccc(OC)cc2)/C1=C\[C@@](C)(OCOC)[C@@H]1OC(C)(C)O[C@@H]1[C@@H](CO[Si](C)(C)C(C)(C)C)O[Si](C)(C)C(C)(C)C. The van der Waals surface area contributed by atoms with E-state index in [2.05, 4.69) is 81.2 Å². The summed E-state index contributed by atoms with van der Waals surface area (Å²) in [7, 11) is 0.184. The Hall–Kier alpha value is -1.47. The van der Waals surface area contributed by atoms with E-state index < -0.39 is 64.1 Å². The summed E-state index contributed by atoms with van der Waals surface area (Å²) in [6.07, 6.45) is 1.00. The van der Waals surface area contributed by atoms with Crippen LogP contribution in [0.4, 0.5) is 0 Å². The van der Waals surface area contributed by atoms with Crippen molar-refractivity contribution in [3.8, 4) is 5.75 Å². The molecule has 0 spiro atoms. The van der Waals surface area contributed by atoms with Gasteiger partial charge in [0.1, 0.15) is 42.7 Å². The van der Waals surface area contributed by atoms with Gasteiger partial charge in [0.25, 0.3) is 0 Å². The highest BCUT2D eigenvalue weighted by atomic mass is 28.4. The third-order valence-corrected chi connectivity index (χ3v) is 21.9. The van der Waals surface area contributed by atoms with Gasteiger partial charge in [-0.2, -0.15) is 0 Å². The minimum atomic E-state index is -2.40. The third kappa shape index (κ3) is 12.1. The molecule has 1 saturated heterocycles. The van der Waals surface area contributed by atoms with Gasteiger partial charge in [0.05, 0.1) is 38.6 Å². The Bertz CT molecular complexity index is 1480. The summed E-state index contributed by atoms with van der Waals surface area (Å²) >= 11 is 0. The van der Waals surface area contributed by atoms with Gasteiger partial charge in [-0.1, -0.05) is 73.6 Å². The monoisotopic (exact) mass is 853 g/mol. The fourth-order valence-electron chi connectivity index (χ4n) is 7.37. The third-order valence-electron chi connectivity index (χ3n) is 12.9. The molecule has 1 N–H and O–H groups in total. The molecule has 9 atom stereocenters. The molecule has 13 heteroatoms. The first-order valence-electron chi connectivity index (χ1n) is 20.9. The summed E-state index contributed by atoms with van der Waals surface area (Å²) in [5.74, 6) is -0.623. The summed E-state index contributed by atoms with van der Waals surface area (Å²) in [5.41, 5.74) is -1.18. The molecular formula is C45H80O11Si2. The Balaban J connectivity index is 2.30. The first kappa shape index (κ1) is 50.9. The number of aliphatic hydroxyl groups is 1. The molecule has 11 nitrogen and oxygen atoms in total. The van der Waals surface area contributed by atoms with Crippen LogP contribution in [0.25, 0.3) is 0 Å². The van der Waals surface area contributed by atoms with Gasteiger partial charge in [0, 0.05) is 20.1 Å². The van der Waals surface area contributed by atoms with E-state index in [4.69, 9.17) is 46.7 Å². The zero-order valence-corrected chi connectivity index (χ0v) is 41.3. The fourth-order valence-corrected chi connectivity index (χ4v) is 9.70. The molecule has 334 valence electrons. The van der Waals surface area contributed by atoms with Crippen molar-refractivity contribution in [2.24, 2.45) is 11.8 Å². The molecule has 2 aliphatic rings. The normalized spacial score (nSPS) is 27.7. The number of benzene rings is 1. The Morgan fingerprint density at radius 2 is 1.50 bits per heavy atom. The van der Waals surface area contributed by atoms with Crippen molar-refractivity contribution in [3.63, 3.8) is 0 Å². The van der Waals surface area contributed by atoms with Gasteiger partial charge in [-0.25, -0.2) is 0 Å². The lowest BCUT2D eigenvalue weighted by atomic mass is 9.79. The molecule has 0 aromatic heterocycles. The molecule has 0 amide bonds. The van der Waals surface area contributed by atoms with Crippen molar-refractivity contribution >= 4 is 16.6 Å². The number of hydrogen-bond donors (Lipinski definition) is 1. The summed E-state index contributed by atoms with van der Waals surface area (Å²) < 4.78 is 64.4. The van der Waals surface area contributed by atoms with Crippen LogP contribution < -0.4 is 4.74 Å². The molecule has 0 bridgehead atoms. The Labute approximate surface area is 353 Å². The zero-order chi connectivity index (χ0) is 44.1. The lowest BCUT2D eigenvalue weighted by Gasteiger charge is -2.45. The van der Waals surface area contributed by atoms with E-state index in [1.165, 1.54) is 0 Å². The van der Waals surface area contributed by atoms with Gasteiger partial charge >= 0.3 is 0 Å². The molecule has 1 heterocycles.